The molecule has 2 aromatic carbocycles. The van der Waals surface area contributed by atoms with Crippen LogP contribution in [0.4, 0.5) is 10.1 Å². The molecule has 116 valence electrons. The molecule has 1 N–H and O–H groups in total. The van der Waals surface area contributed by atoms with Gasteiger partial charge in [-0.2, -0.15) is 5.26 Å². The number of nitrogens with zero attached hydrogens (tertiary/aromatic N) is 2. The van der Waals surface area contributed by atoms with Crippen LogP contribution in [0.1, 0.15) is 15.9 Å². The summed E-state index contributed by atoms with van der Waals surface area (Å²) in [6.45, 7) is -0.171. The van der Waals surface area contributed by atoms with E-state index in [0.29, 0.717) is 16.8 Å². The second-order valence-electron chi connectivity index (χ2n) is 4.91. The molecule has 0 fully saturated rings. The minimum atomic E-state index is -0.454. The molecule has 0 atom stereocenters. The number of amides is 2. The Morgan fingerprint density at radius 2 is 1.91 bits per heavy atom. The monoisotopic (exact) mass is 311 g/mol. The molecule has 0 heterocycles. The third-order valence-electron chi connectivity index (χ3n) is 3.10. The van der Waals surface area contributed by atoms with E-state index in [-0.39, 0.29) is 12.5 Å². The van der Waals surface area contributed by atoms with Gasteiger partial charge in [-0.3, -0.25) is 9.59 Å². The molecule has 23 heavy (non-hydrogen) atoms. The largest absolute Gasteiger partial charge is 0.332 e. The maximum absolute atomic E-state index is 13.1. The van der Waals surface area contributed by atoms with Crippen molar-refractivity contribution < 1.29 is 14.0 Å². The lowest BCUT2D eigenvalue weighted by Gasteiger charge is -2.17. The number of carbonyl (C=O) groups is 2. The van der Waals surface area contributed by atoms with Crippen LogP contribution in [0, 0.1) is 17.1 Å². The molecule has 0 aromatic heterocycles. The minimum absolute atomic E-state index is 0.171. The Balaban J connectivity index is 1.97. The van der Waals surface area contributed by atoms with Crippen molar-refractivity contribution in [1.82, 2.24) is 4.90 Å². The van der Waals surface area contributed by atoms with Crippen molar-refractivity contribution in [2.45, 2.75) is 0 Å². The van der Waals surface area contributed by atoms with Gasteiger partial charge in [-0.05, 0) is 42.5 Å². The van der Waals surface area contributed by atoms with E-state index < -0.39 is 11.7 Å². The number of hydrogen-bond donors (Lipinski definition) is 1. The first kappa shape index (κ1) is 16.2. The van der Waals surface area contributed by atoms with E-state index in [1.165, 1.54) is 54.4 Å². The summed E-state index contributed by atoms with van der Waals surface area (Å²) in [6, 6.07) is 13.6. The Hall–Kier alpha value is -3.20. The first-order chi connectivity index (χ1) is 11.0. The molecule has 0 aliphatic rings. The molecular weight excluding hydrogens is 297 g/mol. The Kier molecular flexibility index (Phi) is 5.05. The van der Waals surface area contributed by atoms with Crippen molar-refractivity contribution in [2.75, 3.05) is 18.9 Å². The first-order valence-electron chi connectivity index (χ1n) is 6.80. The van der Waals surface area contributed by atoms with Crippen LogP contribution < -0.4 is 5.32 Å². The van der Waals surface area contributed by atoms with E-state index in [1.54, 1.807) is 6.07 Å². The van der Waals surface area contributed by atoms with Crippen molar-refractivity contribution in [3.8, 4) is 6.07 Å². The van der Waals surface area contributed by atoms with Crippen molar-refractivity contribution in [3.63, 3.8) is 0 Å². The fourth-order valence-electron chi connectivity index (χ4n) is 1.96. The molecule has 0 radical (unpaired) electrons. The first-order valence-corrected chi connectivity index (χ1v) is 6.80. The van der Waals surface area contributed by atoms with Crippen LogP contribution in [-0.2, 0) is 4.79 Å². The van der Waals surface area contributed by atoms with E-state index in [9.17, 15) is 14.0 Å². The number of carbonyl (C=O) groups excluding carboxylic acids is 2. The summed E-state index contributed by atoms with van der Waals surface area (Å²) in [7, 11) is 1.49. The fraction of sp³-hybridized carbons (Fsp3) is 0.118. The van der Waals surface area contributed by atoms with Crippen LogP contribution in [0.25, 0.3) is 0 Å². The minimum Gasteiger partial charge on any atom is -0.332 e. The maximum Gasteiger partial charge on any atom is 0.254 e. The van der Waals surface area contributed by atoms with Gasteiger partial charge in [0.2, 0.25) is 5.91 Å². The average molecular weight is 311 g/mol. The molecule has 0 saturated carbocycles. The van der Waals surface area contributed by atoms with E-state index in [0.717, 1.165) is 0 Å². The second kappa shape index (κ2) is 7.18. The van der Waals surface area contributed by atoms with Crippen molar-refractivity contribution in [3.05, 3.63) is 65.5 Å². The van der Waals surface area contributed by atoms with Gasteiger partial charge in [0.05, 0.1) is 18.2 Å². The molecule has 0 unspecified atom stereocenters. The van der Waals surface area contributed by atoms with Crippen molar-refractivity contribution in [1.29, 1.82) is 5.26 Å². The number of rotatable bonds is 4. The molecule has 0 saturated heterocycles. The van der Waals surface area contributed by atoms with Gasteiger partial charge in [0.1, 0.15) is 5.82 Å². The van der Waals surface area contributed by atoms with Crippen LogP contribution in [0.5, 0.6) is 0 Å². The van der Waals surface area contributed by atoms with E-state index >= 15 is 0 Å². The van der Waals surface area contributed by atoms with Gasteiger partial charge in [0, 0.05) is 18.3 Å². The molecule has 2 aromatic rings. The summed E-state index contributed by atoms with van der Waals surface area (Å²) >= 11 is 0. The number of anilines is 1. The van der Waals surface area contributed by atoms with Gasteiger partial charge >= 0.3 is 0 Å². The predicted octanol–water partition coefficient (Wildman–Crippen LogP) is 2.41. The third-order valence-corrected chi connectivity index (χ3v) is 3.10. The van der Waals surface area contributed by atoms with Crippen LogP contribution >= 0.6 is 0 Å². The molecular formula is C17H14FN3O2. The smallest absolute Gasteiger partial charge is 0.254 e. The summed E-state index contributed by atoms with van der Waals surface area (Å²) in [5, 5.41) is 11.3. The van der Waals surface area contributed by atoms with E-state index in [2.05, 4.69) is 5.32 Å². The highest BCUT2D eigenvalue weighted by atomic mass is 19.1. The molecule has 0 aliphatic carbocycles. The highest BCUT2D eigenvalue weighted by Crippen LogP contribution is 2.10. The summed E-state index contributed by atoms with van der Waals surface area (Å²) in [5.41, 5.74) is 1.16. The normalized spacial score (nSPS) is 9.78. The quantitative estimate of drug-likeness (QED) is 0.942. The Morgan fingerprint density at radius 1 is 1.22 bits per heavy atom. The molecule has 2 amide bonds. The van der Waals surface area contributed by atoms with Crippen molar-refractivity contribution >= 4 is 17.5 Å². The number of benzene rings is 2. The zero-order valence-electron chi connectivity index (χ0n) is 12.4. The van der Waals surface area contributed by atoms with E-state index in [1.807, 2.05) is 6.07 Å². The number of hydrogen-bond acceptors (Lipinski definition) is 3. The van der Waals surface area contributed by atoms with E-state index in [4.69, 9.17) is 5.26 Å². The summed E-state index contributed by atoms with van der Waals surface area (Å²) < 4.78 is 13.1. The van der Waals surface area contributed by atoms with Gasteiger partial charge in [0.15, 0.2) is 0 Å². The predicted molar refractivity (Wildman–Crippen MR) is 83.1 cm³/mol. The van der Waals surface area contributed by atoms with Gasteiger partial charge in [0.25, 0.3) is 5.91 Å². The highest BCUT2D eigenvalue weighted by molar-refractivity contribution is 5.99. The molecule has 0 spiro atoms. The molecule has 5 nitrogen and oxygen atoms in total. The van der Waals surface area contributed by atoms with Gasteiger partial charge in [-0.25, -0.2) is 4.39 Å². The fourth-order valence-corrected chi connectivity index (χ4v) is 1.96. The van der Waals surface area contributed by atoms with Gasteiger partial charge in [-0.15, -0.1) is 0 Å². The van der Waals surface area contributed by atoms with Crippen LogP contribution in [-0.4, -0.2) is 30.3 Å². The van der Waals surface area contributed by atoms with Crippen LogP contribution in [0.3, 0.4) is 0 Å². The zero-order valence-corrected chi connectivity index (χ0v) is 12.4. The average Bonchev–Trinajstić information content (AvgIpc) is 2.54. The zero-order chi connectivity index (χ0) is 16.8. The topological polar surface area (TPSA) is 73.2 Å². The van der Waals surface area contributed by atoms with Crippen molar-refractivity contribution in [2.24, 2.45) is 0 Å². The number of nitrogens with one attached hydrogen (secondary N) is 1. The lowest BCUT2D eigenvalue weighted by Crippen LogP contribution is -2.34. The van der Waals surface area contributed by atoms with Gasteiger partial charge in [-0.1, -0.05) is 6.07 Å². The second-order valence-corrected chi connectivity index (χ2v) is 4.91. The Bertz CT molecular complexity index is 766. The number of nitriles is 1. The number of likely N-dealkylation sites (N-methyl/N-ethyl adjacent to an activating group) is 1. The summed E-state index contributed by atoms with van der Waals surface area (Å²) in [4.78, 5) is 25.3. The standard InChI is InChI=1S/C17H14FN3O2/c1-21(17(23)13-7-5-12(10-19)6-8-13)11-16(22)20-15-4-2-3-14(18)9-15/h2-9H,11H2,1H3,(H,20,22). The lowest BCUT2D eigenvalue weighted by molar-refractivity contribution is -0.116. The molecule has 0 aliphatic heterocycles. The highest BCUT2D eigenvalue weighted by Gasteiger charge is 2.15. The third kappa shape index (κ3) is 4.38. The van der Waals surface area contributed by atoms with Gasteiger partial charge < -0.3 is 10.2 Å². The van der Waals surface area contributed by atoms with Crippen LogP contribution in [0.15, 0.2) is 48.5 Å². The lowest BCUT2D eigenvalue weighted by atomic mass is 10.1. The number of halogens is 1. The SMILES string of the molecule is CN(CC(=O)Nc1cccc(F)c1)C(=O)c1ccc(C#N)cc1. The molecule has 2 rings (SSSR count). The van der Waals surface area contributed by atoms with Crippen LogP contribution in [0.2, 0.25) is 0 Å². The summed E-state index contributed by atoms with van der Waals surface area (Å²) in [5.74, 6) is -1.23. The Morgan fingerprint density at radius 3 is 2.52 bits per heavy atom. The maximum atomic E-state index is 13.1. The molecule has 6 heteroatoms. The summed E-state index contributed by atoms with van der Waals surface area (Å²) in [6.07, 6.45) is 0. The Labute approximate surface area is 133 Å². The molecule has 0 bridgehead atoms.